The Morgan fingerprint density at radius 3 is 2.40 bits per heavy atom. The van der Waals surface area contributed by atoms with Gasteiger partial charge < -0.3 is 21.5 Å². The van der Waals surface area contributed by atoms with Crippen LogP contribution in [-0.4, -0.2) is 18.1 Å². The average Bonchev–Trinajstić information content (AvgIpc) is 2.63. The van der Waals surface area contributed by atoms with Gasteiger partial charge in [-0.2, -0.15) is 4.99 Å². The van der Waals surface area contributed by atoms with Crippen LogP contribution in [0.5, 0.6) is 5.75 Å². The number of nitrogens with one attached hydrogen (secondary N) is 1. The minimum atomic E-state index is 0.234. The fraction of sp³-hybridized carbons (Fsp3) is 0.0526. The minimum absolute atomic E-state index is 0.234. The monoisotopic (exact) mass is 333 g/mol. The molecule has 3 aromatic rings. The van der Waals surface area contributed by atoms with Crippen LogP contribution in [0.25, 0.3) is 11.1 Å². The van der Waals surface area contributed by atoms with E-state index in [4.69, 9.17) is 16.2 Å². The summed E-state index contributed by atoms with van der Waals surface area (Å²) in [5.41, 5.74) is 15.2. The Bertz CT molecular complexity index is 873. The summed E-state index contributed by atoms with van der Waals surface area (Å²) < 4.78 is 5.27. The molecule has 0 aliphatic heterocycles. The number of anilines is 2. The number of nitrogens with two attached hydrogens (primary N) is 2. The molecule has 0 saturated carbocycles. The summed E-state index contributed by atoms with van der Waals surface area (Å²) in [4.78, 5) is 8.61. The van der Waals surface area contributed by atoms with E-state index < -0.39 is 0 Å². The molecule has 0 aliphatic rings. The van der Waals surface area contributed by atoms with Gasteiger partial charge in [0.25, 0.3) is 0 Å². The van der Waals surface area contributed by atoms with Gasteiger partial charge in [0.05, 0.1) is 12.8 Å². The van der Waals surface area contributed by atoms with Crippen LogP contribution < -0.4 is 21.5 Å². The fourth-order valence-corrected chi connectivity index (χ4v) is 2.34. The maximum absolute atomic E-state index is 5.96. The molecule has 25 heavy (non-hydrogen) atoms. The van der Waals surface area contributed by atoms with Crippen LogP contribution in [-0.2, 0) is 0 Å². The first kappa shape index (κ1) is 16.3. The molecule has 0 saturated heterocycles. The zero-order valence-electron chi connectivity index (χ0n) is 13.8. The van der Waals surface area contributed by atoms with Crippen molar-refractivity contribution in [1.29, 1.82) is 0 Å². The summed E-state index contributed by atoms with van der Waals surface area (Å²) >= 11 is 0. The van der Waals surface area contributed by atoms with Crippen molar-refractivity contribution >= 4 is 23.2 Å². The van der Waals surface area contributed by atoms with E-state index in [0.717, 1.165) is 22.5 Å². The van der Waals surface area contributed by atoms with Gasteiger partial charge in [-0.15, -0.1) is 0 Å². The van der Waals surface area contributed by atoms with Crippen molar-refractivity contribution in [2.45, 2.75) is 0 Å². The Morgan fingerprint density at radius 1 is 1.00 bits per heavy atom. The Morgan fingerprint density at radius 2 is 1.72 bits per heavy atom. The molecule has 126 valence electrons. The van der Waals surface area contributed by atoms with Crippen LogP contribution in [0.15, 0.2) is 71.9 Å². The van der Waals surface area contributed by atoms with E-state index in [1.807, 2.05) is 60.7 Å². The maximum Gasteiger partial charge on any atom is 0.199 e. The molecule has 1 heterocycles. The first-order valence-electron chi connectivity index (χ1n) is 7.72. The molecule has 0 bridgehead atoms. The largest absolute Gasteiger partial charge is 0.495 e. The number of aliphatic imine (C=N–C) groups is 1. The lowest BCUT2D eigenvalue weighted by Crippen LogP contribution is -2.22. The van der Waals surface area contributed by atoms with Crippen LogP contribution in [0.2, 0.25) is 0 Å². The summed E-state index contributed by atoms with van der Waals surface area (Å²) in [7, 11) is 1.60. The normalized spacial score (nSPS) is 11.2. The summed E-state index contributed by atoms with van der Waals surface area (Å²) in [6.07, 6.45) is 1.75. The van der Waals surface area contributed by atoms with Crippen molar-refractivity contribution in [3.63, 3.8) is 0 Å². The third-order valence-corrected chi connectivity index (χ3v) is 3.60. The van der Waals surface area contributed by atoms with Gasteiger partial charge in [0, 0.05) is 17.4 Å². The van der Waals surface area contributed by atoms with E-state index in [-0.39, 0.29) is 5.96 Å². The average molecular weight is 333 g/mol. The summed E-state index contributed by atoms with van der Waals surface area (Å²) in [6, 6.07) is 18.8. The second-order valence-electron chi connectivity index (χ2n) is 5.35. The molecule has 5 N–H and O–H groups in total. The second-order valence-corrected chi connectivity index (χ2v) is 5.35. The quantitative estimate of drug-likeness (QED) is 0.386. The van der Waals surface area contributed by atoms with Gasteiger partial charge in [0.1, 0.15) is 5.75 Å². The lowest BCUT2D eigenvalue weighted by molar-refractivity contribution is 0.417. The van der Waals surface area contributed by atoms with E-state index in [1.165, 1.54) is 0 Å². The first-order chi connectivity index (χ1) is 12.2. The smallest absolute Gasteiger partial charge is 0.199 e. The number of hydrogen-bond donors (Lipinski definition) is 3. The van der Waals surface area contributed by atoms with Gasteiger partial charge in [-0.25, -0.2) is 4.98 Å². The number of nitrogens with zero attached hydrogens (tertiary/aromatic N) is 2. The highest BCUT2D eigenvalue weighted by Gasteiger charge is 2.03. The standard InChI is InChI=1S/C19H19N5O/c1-25-17-5-3-2-4-16(17)23-19(21)24-18-11-8-14(12-22-18)13-6-9-15(20)10-7-13/h2-12H,20H2,1H3,(H3,21,22,23,24). The second kappa shape index (κ2) is 7.35. The third kappa shape index (κ3) is 4.06. The molecule has 0 fully saturated rings. The topological polar surface area (TPSA) is 98.5 Å². The number of methoxy groups -OCH3 is 1. The third-order valence-electron chi connectivity index (χ3n) is 3.60. The van der Waals surface area contributed by atoms with Crippen LogP contribution in [0.1, 0.15) is 0 Å². The summed E-state index contributed by atoms with van der Waals surface area (Å²) in [5, 5.41) is 3.01. The molecule has 3 rings (SSSR count). The minimum Gasteiger partial charge on any atom is -0.495 e. The van der Waals surface area contributed by atoms with Gasteiger partial charge in [-0.1, -0.05) is 24.3 Å². The van der Waals surface area contributed by atoms with Gasteiger partial charge in [0.15, 0.2) is 11.8 Å². The highest BCUT2D eigenvalue weighted by Crippen LogP contribution is 2.24. The van der Waals surface area contributed by atoms with Crippen LogP contribution in [0.3, 0.4) is 0 Å². The first-order valence-corrected chi connectivity index (χ1v) is 7.72. The molecule has 0 unspecified atom stereocenters. The van der Waals surface area contributed by atoms with Crippen molar-refractivity contribution in [3.05, 3.63) is 66.9 Å². The lowest BCUT2D eigenvalue weighted by Gasteiger charge is -2.10. The van der Waals surface area contributed by atoms with E-state index in [2.05, 4.69) is 15.3 Å². The number of aromatic nitrogens is 1. The number of pyridine rings is 1. The number of nitrogen functional groups attached to an aromatic ring is 1. The highest BCUT2D eigenvalue weighted by atomic mass is 16.5. The number of guanidine groups is 1. The zero-order valence-corrected chi connectivity index (χ0v) is 13.8. The van der Waals surface area contributed by atoms with Gasteiger partial charge >= 0.3 is 0 Å². The van der Waals surface area contributed by atoms with E-state index in [0.29, 0.717) is 11.6 Å². The molecule has 0 amide bonds. The van der Waals surface area contributed by atoms with Gasteiger partial charge in [0.2, 0.25) is 0 Å². The Kier molecular flexibility index (Phi) is 4.80. The van der Waals surface area contributed by atoms with Crippen molar-refractivity contribution < 1.29 is 4.74 Å². The summed E-state index contributed by atoms with van der Waals surface area (Å²) in [6.45, 7) is 0. The fourth-order valence-electron chi connectivity index (χ4n) is 2.34. The number of hydrogen-bond acceptors (Lipinski definition) is 4. The Balaban J connectivity index is 1.75. The van der Waals surface area contributed by atoms with Crippen molar-refractivity contribution in [2.75, 3.05) is 18.2 Å². The van der Waals surface area contributed by atoms with Crippen molar-refractivity contribution in [2.24, 2.45) is 10.7 Å². The van der Waals surface area contributed by atoms with Crippen molar-refractivity contribution in [3.8, 4) is 16.9 Å². The molecule has 6 nitrogen and oxygen atoms in total. The molecule has 1 aromatic heterocycles. The number of rotatable bonds is 4. The lowest BCUT2D eigenvalue weighted by atomic mass is 10.1. The molecule has 0 spiro atoms. The summed E-state index contributed by atoms with van der Waals surface area (Å²) in [5.74, 6) is 1.43. The molecule has 0 radical (unpaired) electrons. The van der Waals surface area contributed by atoms with E-state index >= 15 is 0 Å². The molecular weight excluding hydrogens is 314 g/mol. The van der Waals surface area contributed by atoms with Crippen LogP contribution in [0.4, 0.5) is 17.2 Å². The van der Waals surface area contributed by atoms with Gasteiger partial charge in [-0.05, 0) is 42.0 Å². The van der Waals surface area contributed by atoms with E-state index in [1.54, 1.807) is 13.3 Å². The Labute approximate surface area is 146 Å². The number of benzene rings is 2. The molecule has 6 heteroatoms. The number of para-hydroxylation sites is 2. The zero-order chi connectivity index (χ0) is 17.6. The van der Waals surface area contributed by atoms with Crippen LogP contribution in [0, 0.1) is 0 Å². The molecule has 2 aromatic carbocycles. The maximum atomic E-state index is 5.96. The van der Waals surface area contributed by atoms with Crippen molar-refractivity contribution in [1.82, 2.24) is 4.98 Å². The number of ether oxygens (including phenoxy) is 1. The molecule has 0 atom stereocenters. The predicted octanol–water partition coefficient (Wildman–Crippen LogP) is 3.40. The van der Waals surface area contributed by atoms with Gasteiger partial charge in [-0.3, -0.25) is 0 Å². The van der Waals surface area contributed by atoms with Crippen LogP contribution >= 0.6 is 0 Å². The molecule has 0 aliphatic carbocycles. The Hall–Kier alpha value is -3.54. The predicted molar refractivity (Wildman–Crippen MR) is 102 cm³/mol. The highest BCUT2D eigenvalue weighted by molar-refractivity contribution is 5.95. The molecular formula is C19H19N5O. The van der Waals surface area contributed by atoms with E-state index in [9.17, 15) is 0 Å². The SMILES string of the molecule is COc1ccccc1NC(N)=Nc1ccc(-c2ccc(N)cc2)cn1.